The zero-order valence-corrected chi connectivity index (χ0v) is 13.4. The molecule has 0 aliphatic carbocycles. The molecule has 2 aromatic carbocycles. The zero-order valence-electron chi connectivity index (χ0n) is 13.4. The maximum absolute atomic E-state index is 12.6. The minimum Gasteiger partial charge on any atom is -0.496 e. The van der Waals surface area contributed by atoms with Crippen LogP contribution in [0.4, 0.5) is 0 Å². The number of carbonyl (C=O) groups is 1. The fourth-order valence-corrected chi connectivity index (χ4v) is 2.60. The molecule has 23 heavy (non-hydrogen) atoms. The van der Waals surface area contributed by atoms with Crippen LogP contribution >= 0.6 is 0 Å². The van der Waals surface area contributed by atoms with Crippen LogP contribution in [-0.2, 0) is 0 Å². The van der Waals surface area contributed by atoms with Gasteiger partial charge in [-0.2, -0.15) is 0 Å². The molecule has 1 atom stereocenters. The van der Waals surface area contributed by atoms with E-state index >= 15 is 0 Å². The van der Waals surface area contributed by atoms with Crippen molar-refractivity contribution in [3.8, 4) is 5.75 Å². The van der Waals surface area contributed by atoms with Crippen molar-refractivity contribution < 1.29 is 13.9 Å². The van der Waals surface area contributed by atoms with E-state index in [9.17, 15) is 4.79 Å². The minimum atomic E-state index is -0.215. The highest BCUT2D eigenvalue weighted by Crippen LogP contribution is 2.26. The Bertz CT molecular complexity index is 851. The molecule has 0 aliphatic rings. The summed E-state index contributed by atoms with van der Waals surface area (Å²) in [6.07, 6.45) is 0. The maximum atomic E-state index is 12.6. The van der Waals surface area contributed by atoms with Crippen molar-refractivity contribution >= 4 is 16.7 Å². The van der Waals surface area contributed by atoms with Gasteiger partial charge in [0.15, 0.2) is 0 Å². The molecule has 3 rings (SSSR count). The normalized spacial score (nSPS) is 12.1. The average molecular weight is 309 g/mol. The van der Waals surface area contributed by atoms with Gasteiger partial charge in [0.05, 0.1) is 18.7 Å². The number of hydrogen-bond acceptors (Lipinski definition) is 3. The molecular formula is C19H19NO3. The van der Waals surface area contributed by atoms with Gasteiger partial charge in [0, 0.05) is 0 Å². The first-order valence-corrected chi connectivity index (χ1v) is 7.52. The summed E-state index contributed by atoms with van der Waals surface area (Å²) in [6.45, 7) is 3.77. The van der Waals surface area contributed by atoms with Gasteiger partial charge in [0.1, 0.15) is 17.3 Å². The van der Waals surface area contributed by atoms with Gasteiger partial charge in [-0.3, -0.25) is 4.79 Å². The summed E-state index contributed by atoms with van der Waals surface area (Å²) in [7, 11) is 1.57. The van der Waals surface area contributed by atoms with E-state index in [2.05, 4.69) is 5.32 Å². The summed E-state index contributed by atoms with van der Waals surface area (Å²) in [4.78, 5) is 12.6. The molecule has 4 heteroatoms. The highest BCUT2D eigenvalue weighted by Gasteiger charge is 2.18. The van der Waals surface area contributed by atoms with Crippen LogP contribution in [0.1, 0.15) is 34.8 Å². The van der Waals surface area contributed by atoms with Crippen LogP contribution in [0.2, 0.25) is 0 Å². The van der Waals surface area contributed by atoms with Crippen LogP contribution in [0.3, 0.4) is 0 Å². The monoisotopic (exact) mass is 309 g/mol. The third-order valence-electron chi connectivity index (χ3n) is 3.85. The summed E-state index contributed by atoms with van der Waals surface area (Å²) in [5.41, 5.74) is 0.515. The van der Waals surface area contributed by atoms with Crippen molar-refractivity contribution in [2.24, 2.45) is 0 Å². The van der Waals surface area contributed by atoms with Crippen molar-refractivity contribution in [2.45, 2.75) is 19.9 Å². The van der Waals surface area contributed by atoms with Crippen LogP contribution in [-0.4, -0.2) is 13.0 Å². The summed E-state index contributed by atoms with van der Waals surface area (Å²) < 4.78 is 10.9. The molecule has 0 saturated carbocycles. The molecule has 0 radical (unpaired) electrons. The molecule has 1 N–H and O–H groups in total. The van der Waals surface area contributed by atoms with Gasteiger partial charge >= 0.3 is 0 Å². The average Bonchev–Trinajstić information content (AvgIpc) is 3.00. The number of fused-ring (bicyclic) bond motifs is 1. The lowest BCUT2D eigenvalue weighted by Crippen LogP contribution is -2.26. The Hall–Kier alpha value is -2.75. The molecule has 118 valence electrons. The highest BCUT2D eigenvalue weighted by molar-refractivity contribution is 6.01. The number of carbonyl (C=O) groups excluding carboxylic acids is 1. The summed E-state index contributed by atoms with van der Waals surface area (Å²) >= 11 is 0. The second-order valence-corrected chi connectivity index (χ2v) is 5.54. The quantitative estimate of drug-likeness (QED) is 0.784. The standard InChI is InChI=1S/C19H19NO3/c1-12-8-9-17(23-12)13(2)20-19(21)16-10-14-6-4-5-7-15(14)11-18(16)22-3/h4-11,13H,1-3H3,(H,20,21)/t13-/m1/s1. The summed E-state index contributed by atoms with van der Waals surface area (Å²) in [5, 5.41) is 4.99. The number of amides is 1. The van der Waals surface area contributed by atoms with Crippen molar-refractivity contribution in [1.29, 1.82) is 0 Å². The Morgan fingerprint density at radius 1 is 1.13 bits per heavy atom. The van der Waals surface area contributed by atoms with Crippen LogP contribution in [0, 0.1) is 6.92 Å². The summed E-state index contributed by atoms with van der Waals surface area (Å²) in [5.74, 6) is 1.93. The smallest absolute Gasteiger partial charge is 0.255 e. The van der Waals surface area contributed by atoms with Gasteiger partial charge < -0.3 is 14.5 Å². The predicted molar refractivity (Wildman–Crippen MR) is 89.8 cm³/mol. The summed E-state index contributed by atoms with van der Waals surface area (Å²) in [6, 6.07) is 15.2. The lowest BCUT2D eigenvalue weighted by molar-refractivity contribution is 0.0932. The Morgan fingerprint density at radius 3 is 2.43 bits per heavy atom. The van der Waals surface area contributed by atoms with Crippen molar-refractivity contribution in [3.63, 3.8) is 0 Å². The van der Waals surface area contributed by atoms with Crippen LogP contribution in [0.5, 0.6) is 5.75 Å². The van der Waals surface area contributed by atoms with Gasteiger partial charge in [-0.25, -0.2) is 0 Å². The topological polar surface area (TPSA) is 51.5 Å². The van der Waals surface area contributed by atoms with E-state index in [4.69, 9.17) is 9.15 Å². The Labute approximate surface area is 135 Å². The Morgan fingerprint density at radius 2 is 1.83 bits per heavy atom. The second kappa shape index (κ2) is 6.16. The fourth-order valence-electron chi connectivity index (χ4n) is 2.60. The number of benzene rings is 2. The van der Waals surface area contributed by atoms with Crippen molar-refractivity contribution in [1.82, 2.24) is 5.32 Å². The molecular weight excluding hydrogens is 290 g/mol. The fraction of sp³-hybridized carbons (Fsp3) is 0.211. The first-order chi connectivity index (χ1) is 11.1. The first-order valence-electron chi connectivity index (χ1n) is 7.52. The van der Waals surface area contributed by atoms with Crippen LogP contribution < -0.4 is 10.1 Å². The largest absolute Gasteiger partial charge is 0.496 e. The van der Waals surface area contributed by atoms with Crippen LogP contribution in [0.15, 0.2) is 52.9 Å². The molecule has 0 spiro atoms. The number of aryl methyl sites for hydroxylation is 1. The maximum Gasteiger partial charge on any atom is 0.255 e. The Kier molecular flexibility index (Phi) is 4.06. The number of methoxy groups -OCH3 is 1. The highest BCUT2D eigenvalue weighted by atomic mass is 16.5. The van der Waals surface area contributed by atoms with E-state index < -0.39 is 0 Å². The van der Waals surface area contributed by atoms with Gasteiger partial charge in [0.2, 0.25) is 0 Å². The van der Waals surface area contributed by atoms with Crippen molar-refractivity contribution in [2.75, 3.05) is 7.11 Å². The molecule has 0 unspecified atom stereocenters. The van der Waals surface area contributed by atoms with Gasteiger partial charge in [-0.15, -0.1) is 0 Å². The molecule has 0 aliphatic heterocycles. The number of hydrogen-bond donors (Lipinski definition) is 1. The lowest BCUT2D eigenvalue weighted by Gasteiger charge is -2.14. The van der Waals surface area contributed by atoms with E-state index in [0.29, 0.717) is 11.3 Å². The van der Waals surface area contributed by atoms with Crippen molar-refractivity contribution in [3.05, 3.63) is 65.6 Å². The number of nitrogens with one attached hydrogen (secondary N) is 1. The van der Waals surface area contributed by atoms with E-state index in [1.807, 2.05) is 62.4 Å². The molecule has 0 saturated heterocycles. The van der Waals surface area contributed by atoms with Gasteiger partial charge in [0.25, 0.3) is 5.91 Å². The number of ether oxygens (including phenoxy) is 1. The molecule has 0 bridgehead atoms. The molecule has 1 aromatic heterocycles. The third-order valence-corrected chi connectivity index (χ3v) is 3.85. The molecule has 3 aromatic rings. The van der Waals surface area contributed by atoms with Gasteiger partial charge in [-0.1, -0.05) is 24.3 Å². The number of furan rings is 1. The first kappa shape index (κ1) is 15.2. The minimum absolute atomic E-state index is 0.186. The molecule has 4 nitrogen and oxygen atoms in total. The lowest BCUT2D eigenvalue weighted by atomic mass is 10.0. The van der Waals surface area contributed by atoms with E-state index in [1.165, 1.54) is 0 Å². The predicted octanol–water partition coefficient (Wildman–Crippen LogP) is 4.24. The molecule has 0 fully saturated rings. The molecule has 1 heterocycles. The zero-order chi connectivity index (χ0) is 16.4. The second-order valence-electron chi connectivity index (χ2n) is 5.54. The number of rotatable bonds is 4. The van der Waals surface area contributed by atoms with Gasteiger partial charge in [-0.05, 0) is 48.9 Å². The van der Waals surface area contributed by atoms with E-state index in [1.54, 1.807) is 7.11 Å². The molecule has 1 amide bonds. The van der Waals surface area contributed by atoms with E-state index in [-0.39, 0.29) is 11.9 Å². The third kappa shape index (κ3) is 3.06. The SMILES string of the molecule is COc1cc2ccccc2cc1C(=O)N[C@H](C)c1ccc(C)o1. The Balaban J connectivity index is 1.90. The van der Waals surface area contributed by atoms with E-state index in [0.717, 1.165) is 22.3 Å². The van der Waals surface area contributed by atoms with Crippen LogP contribution in [0.25, 0.3) is 10.8 Å².